The minimum atomic E-state index is -4.91. The molecule has 29 nitrogen and oxygen atoms in total. The molecule has 38 atom stereocenters. The largest absolute Gasteiger partial charge is 0.397 e. The molecule has 0 spiro atoms. The molecule has 0 aromatic heterocycles. The van der Waals surface area contributed by atoms with E-state index in [2.05, 4.69) is 40.7 Å². The first-order valence-corrected chi connectivity index (χ1v) is 32.5. The van der Waals surface area contributed by atoms with Crippen LogP contribution in [0.15, 0.2) is 11.6 Å². The summed E-state index contributed by atoms with van der Waals surface area (Å²) in [6.07, 6.45) is -42.4. The van der Waals surface area contributed by atoms with Gasteiger partial charge in [-0.25, -0.2) is 4.18 Å². The zero-order chi connectivity index (χ0) is 64.5. The number of aliphatic hydroxyl groups is 14. The molecule has 10 aliphatic rings. The summed E-state index contributed by atoms with van der Waals surface area (Å²) in [7, 11) is -4.91. The monoisotopic (exact) mass is 1290 g/mol. The van der Waals surface area contributed by atoms with Gasteiger partial charge in [0.15, 0.2) is 31.5 Å². The van der Waals surface area contributed by atoms with E-state index in [1.807, 2.05) is 0 Å². The number of allylic oxidation sites excluding steroid dienone is 2. The predicted molar refractivity (Wildman–Crippen MR) is 295 cm³/mol. The number of hydrogen-bond donors (Lipinski definition) is 15. The lowest BCUT2D eigenvalue weighted by Gasteiger charge is -2.60. The maximum Gasteiger partial charge on any atom is 0.397 e. The van der Waals surface area contributed by atoms with Crippen LogP contribution in [0.4, 0.5) is 0 Å². The van der Waals surface area contributed by atoms with E-state index in [4.69, 9.17) is 56.3 Å². The highest BCUT2D eigenvalue weighted by atomic mass is 32.3. The van der Waals surface area contributed by atoms with Crippen molar-refractivity contribution in [3.8, 4) is 0 Å². The second-order valence-corrected chi connectivity index (χ2v) is 29.0. The van der Waals surface area contributed by atoms with Gasteiger partial charge < -0.3 is 124 Å². The van der Waals surface area contributed by atoms with Crippen molar-refractivity contribution in [2.24, 2.45) is 46.3 Å². The van der Waals surface area contributed by atoms with Crippen LogP contribution in [0.3, 0.4) is 0 Å². The number of ether oxygens (including phenoxy) is 11. The van der Waals surface area contributed by atoms with E-state index in [9.17, 15) is 84.5 Å². The Kier molecular flexibility index (Phi) is 20.5. The maximum atomic E-state index is 12.5. The molecule has 3 saturated carbocycles. The topological polar surface area (TPSA) is 452 Å². The molecule has 0 amide bonds. The first-order chi connectivity index (χ1) is 41.0. The SMILES string of the molecule is CC(C)C(C)C1OC1C(C)(O)C1C(O)CC2C3CC(OC4OC(C)C(O)C(OC5OC(C)C(OC6OC(CO)C(O)C(O)C6OC6OC(C)C(O)C(O)C6O)C(O)C5OC5OC(C)C(O)C(O)C5O)C4O)C4CC(OS(=O)(=O)O)CCC4(C)C3=CCC21C. The smallest absolute Gasteiger partial charge is 0.394 e. The van der Waals surface area contributed by atoms with Crippen LogP contribution in [-0.4, -0.2) is 281 Å². The third kappa shape index (κ3) is 12.7. The molecule has 6 heterocycles. The molecule has 0 aromatic carbocycles. The highest BCUT2D eigenvalue weighted by Crippen LogP contribution is 2.68. The van der Waals surface area contributed by atoms with Gasteiger partial charge in [0, 0.05) is 5.92 Å². The van der Waals surface area contributed by atoms with Gasteiger partial charge in [0.05, 0.1) is 61.0 Å². The van der Waals surface area contributed by atoms with Crippen molar-refractivity contribution in [1.82, 2.24) is 0 Å². The van der Waals surface area contributed by atoms with E-state index >= 15 is 0 Å². The highest BCUT2D eigenvalue weighted by Gasteiger charge is 2.69. The van der Waals surface area contributed by atoms with Gasteiger partial charge in [-0.2, -0.15) is 8.42 Å². The van der Waals surface area contributed by atoms with E-state index in [1.165, 1.54) is 27.7 Å². The predicted octanol–water partition coefficient (Wildman–Crippen LogP) is -3.26. The Balaban J connectivity index is 0.930. The van der Waals surface area contributed by atoms with Crippen LogP contribution in [-0.2, 0) is 66.7 Å². The fourth-order valence-electron chi connectivity index (χ4n) is 16.6. The van der Waals surface area contributed by atoms with Crippen molar-refractivity contribution >= 4 is 10.4 Å². The van der Waals surface area contributed by atoms with Crippen LogP contribution in [0, 0.1) is 46.3 Å². The van der Waals surface area contributed by atoms with E-state index in [0.717, 1.165) is 5.57 Å². The summed E-state index contributed by atoms with van der Waals surface area (Å²) in [4.78, 5) is 0. The van der Waals surface area contributed by atoms with Crippen LogP contribution >= 0.6 is 0 Å². The summed E-state index contributed by atoms with van der Waals surface area (Å²) in [5, 5.41) is 159. The Morgan fingerprint density at radius 1 is 0.591 bits per heavy atom. The molecular weight excluding hydrogens is 1190 g/mol. The normalized spacial score (nSPS) is 54.4. The molecule has 4 aliphatic carbocycles. The van der Waals surface area contributed by atoms with Crippen LogP contribution in [0.1, 0.15) is 108 Å². The summed E-state index contributed by atoms with van der Waals surface area (Å²) in [5.74, 6) is -1.22. The van der Waals surface area contributed by atoms with E-state index < -0.39 is 223 Å². The molecule has 0 radical (unpaired) electrons. The summed E-state index contributed by atoms with van der Waals surface area (Å²) >= 11 is 0. The van der Waals surface area contributed by atoms with Crippen LogP contribution < -0.4 is 0 Å². The van der Waals surface area contributed by atoms with Crippen LogP contribution in [0.5, 0.6) is 0 Å². The summed E-state index contributed by atoms with van der Waals surface area (Å²) in [6, 6.07) is 0. The molecule has 88 heavy (non-hydrogen) atoms. The van der Waals surface area contributed by atoms with Crippen molar-refractivity contribution in [2.75, 3.05) is 6.61 Å². The first kappa shape index (κ1) is 69.4. The molecule has 9 fully saturated rings. The van der Waals surface area contributed by atoms with Crippen molar-refractivity contribution in [1.29, 1.82) is 0 Å². The third-order valence-electron chi connectivity index (χ3n) is 22.0. The average molecular weight is 1290 g/mol. The second kappa shape index (κ2) is 26.0. The third-order valence-corrected chi connectivity index (χ3v) is 22.5. The minimum absolute atomic E-state index is 0.0669. The number of aliphatic hydroxyl groups excluding tert-OH is 13. The number of epoxide rings is 1. The van der Waals surface area contributed by atoms with Gasteiger partial charge >= 0.3 is 10.4 Å². The van der Waals surface area contributed by atoms with Crippen molar-refractivity contribution in [2.45, 2.75) is 297 Å². The van der Waals surface area contributed by atoms with Crippen molar-refractivity contribution < 1.29 is 141 Å². The van der Waals surface area contributed by atoms with Gasteiger partial charge in [-0.1, -0.05) is 46.3 Å². The van der Waals surface area contributed by atoms with Crippen LogP contribution in [0.2, 0.25) is 0 Å². The zero-order valence-corrected chi connectivity index (χ0v) is 52.0. The lowest BCUT2D eigenvalue weighted by Crippen LogP contribution is -2.68. The Morgan fingerprint density at radius 3 is 1.68 bits per heavy atom. The van der Waals surface area contributed by atoms with E-state index in [1.54, 1.807) is 6.92 Å². The zero-order valence-electron chi connectivity index (χ0n) is 51.1. The fourth-order valence-corrected chi connectivity index (χ4v) is 17.1. The average Bonchev–Trinajstić information content (AvgIpc) is 1.44. The Morgan fingerprint density at radius 2 is 1.11 bits per heavy atom. The Bertz CT molecular complexity index is 2530. The van der Waals surface area contributed by atoms with Crippen molar-refractivity contribution in [3.05, 3.63) is 11.6 Å². The van der Waals surface area contributed by atoms with Gasteiger partial charge in [-0.3, -0.25) is 4.55 Å². The molecule has 30 heteroatoms. The standard InChI is InChI=1S/C58H96O29S/c1-19(2)20(3)44-50(82-44)58(10,72)49-30(60)17-28-26-16-31(29-15-25(87-88(73,74)75)11-13-56(29,8)27(26)12-14-57(28,49)9)80-53-43(71)46(35(63)23(6)78-53)84-54-48(86-52-41(69)38(66)34(62)22(5)77-52)42(70)45(24(7)79-54)83-55-47(39(67)36(64)32(18-59)81-55)85-51-40(68)37(65)33(61)21(4)76-51/h12,19-26,28-55,59-72H,11,13-18H2,1-10H3,(H,73,74,75). The first-order valence-electron chi connectivity index (χ1n) is 31.1. The summed E-state index contributed by atoms with van der Waals surface area (Å²) in [5.41, 5.74) is -1.70. The quantitative estimate of drug-likeness (QED) is 0.0386. The molecule has 15 N–H and O–H groups in total. The van der Waals surface area contributed by atoms with Gasteiger partial charge in [-0.15, -0.1) is 0 Å². The lowest BCUT2D eigenvalue weighted by atomic mass is 9.47. The molecule has 508 valence electrons. The van der Waals surface area contributed by atoms with Crippen molar-refractivity contribution in [3.63, 3.8) is 0 Å². The maximum absolute atomic E-state index is 12.5. The lowest BCUT2D eigenvalue weighted by molar-refractivity contribution is -0.407. The fraction of sp³-hybridized carbons (Fsp3) is 0.966. The second-order valence-electron chi connectivity index (χ2n) is 27.9. The van der Waals surface area contributed by atoms with E-state index in [0.29, 0.717) is 19.3 Å². The highest BCUT2D eigenvalue weighted by molar-refractivity contribution is 7.80. The Hall–Kier alpha value is -1.39. The van der Waals surface area contributed by atoms with E-state index in [-0.39, 0.29) is 49.0 Å². The molecule has 0 bridgehead atoms. The summed E-state index contributed by atoms with van der Waals surface area (Å²) < 4.78 is 107. The molecular formula is C58H96O29S. The molecule has 38 unspecified atom stereocenters. The Labute approximate surface area is 511 Å². The molecule has 10 rings (SSSR count). The summed E-state index contributed by atoms with van der Waals surface area (Å²) in [6.45, 7) is 16.9. The number of fused-ring (bicyclic) bond motifs is 5. The number of hydrogen-bond acceptors (Lipinski definition) is 28. The van der Waals surface area contributed by atoms with Crippen LogP contribution in [0.25, 0.3) is 0 Å². The molecule has 0 aromatic rings. The van der Waals surface area contributed by atoms with Gasteiger partial charge in [0.2, 0.25) is 0 Å². The molecule has 6 saturated heterocycles. The van der Waals surface area contributed by atoms with Gasteiger partial charge in [-0.05, 0) is 114 Å². The van der Waals surface area contributed by atoms with Gasteiger partial charge in [0.25, 0.3) is 0 Å². The minimum Gasteiger partial charge on any atom is -0.394 e. The number of rotatable bonds is 17. The van der Waals surface area contributed by atoms with Gasteiger partial charge in [0.1, 0.15) is 104 Å². The molecule has 6 aliphatic heterocycles.